The lowest BCUT2D eigenvalue weighted by molar-refractivity contribution is 0.481. The number of halogens is 1. The van der Waals surface area contributed by atoms with Crippen molar-refractivity contribution in [1.82, 2.24) is 4.98 Å². The number of fused-ring (bicyclic) bond motifs is 1. The minimum Gasteiger partial charge on any atom is -0.456 e. The summed E-state index contributed by atoms with van der Waals surface area (Å²) < 4.78 is 19.1. The number of nitrogens with zero attached hydrogens (tertiary/aromatic N) is 1. The Labute approximate surface area is 126 Å². The second kappa shape index (κ2) is 5.46. The zero-order chi connectivity index (χ0) is 14.8. The topological polar surface area (TPSA) is 48.1 Å². The molecule has 1 aromatic heterocycles. The average Bonchev–Trinajstić information content (AvgIpc) is 2.47. The van der Waals surface area contributed by atoms with E-state index in [2.05, 4.69) is 4.98 Å². The fourth-order valence-corrected chi connectivity index (χ4v) is 2.20. The van der Waals surface area contributed by atoms with Gasteiger partial charge in [-0.1, -0.05) is 30.4 Å². The van der Waals surface area contributed by atoms with Crippen molar-refractivity contribution >= 4 is 28.1 Å². The van der Waals surface area contributed by atoms with Crippen molar-refractivity contribution in [3.8, 4) is 11.5 Å². The first-order valence-electron chi connectivity index (χ1n) is 6.26. The van der Waals surface area contributed by atoms with E-state index in [1.54, 1.807) is 18.3 Å². The van der Waals surface area contributed by atoms with Crippen LogP contribution in [0.3, 0.4) is 0 Å². The van der Waals surface area contributed by atoms with Crippen LogP contribution in [0.5, 0.6) is 11.5 Å². The number of nitrogens with two attached hydrogens (primary N) is 1. The summed E-state index contributed by atoms with van der Waals surface area (Å²) in [5, 5.41) is 0.770. The van der Waals surface area contributed by atoms with Crippen LogP contribution in [0.15, 0.2) is 54.7 Å². The number of ether oxygens (including phenoxy) is 1. The van der Waals surface area contributed by atoms with Crippen LogP contribution in [0.25, 0.3) is 10.9 Å². The number of thiocarbonyl (C=S) groups is 1. The van der Waals surface area contributed by atoms with Gasteiger partial charge in [0, 0.05) is 17.6 Å². The summed E-state index contributed by atoms with van der Waals surface area (Å²) in [5.74, 6) is 0.491. The molecule has 0 aliphatic heterocycles. The molecule has 0 aliphatic carbocycles. The number of hydrogen-bond acceptors (Lipinski definition) is 3. The normalized spacial score (nSPS) is 10.5. The molecule has 0 amide bonds. The van der Waals surface area contributed by atoms with Gasteiger partial charge in [0.25, 0.3) is 0 Å². The van der Waals surface area contributed by atoms with Crippen LogP contribution in [0.2, 0.25) is 0 Å². The van der Waals surface area contributed by atoms with Gasteiger partial charge in [-0.25, -0.2) is 4.39 Å². The van der Waals surface area contributed by atoms with E-state index in [4.69, 9.17) is 22.7 Å². The van der Waals surface area contributed by atoms with Gasteiger partial charge in [-0.2, -0.15) is 0 Å². The number of rotatable bonds is 3. The molecule has 3 aromatic rings. The molecule has 0 saturated carbocycles. The van der Waals surface area contributed by atoms with E-state index in [0.29, 0.717) is 17.1 Å². The first-order valence-corrected chi connectivity index (χ1v) is 6.67. The van der Waals surface area contributed by atoms with Crippen molar-refractivity contribution < 1.29 is 9.13 Å². The molecule has 0 radical (unpaired) electrons. The average molecular weight is 298 g/mol. The molecule has 104 valence electrons. The summed E-state index contributed by atoms with van der Waals surface area (Å²) in [6.45, 7) is 0. The number of benzene rings is 2. The summed E-state index contributed by atoms with van der Waals surface area (Å²) in [6, 6.07) is 13.4. The standard InChI is InChI=1S/C16H11FN2OS/c17-10-4-3-5-11(8-10)20-15-12-6-1-2-7-14(12)19-9-13(15)16(18)21/h1-9H,(H2,18,21). The minimum atomic E-state index is -0.372. The van der Waals surface area contributed by atoms with Crippen LogP contribution in [0.4, 0.5) is 4.39 Å². The third kappa shape index (κ3) is 2.68. The van der Waals surface area contributed by atoms with Gasteiger partial charge in [-0.15, -0.1) is 0 Å². The van der Waals surface area contributed by atoms with Crippen LogP contribution in [0.1, 0.15) is 5.56 Å². The van der Waals surface area contributed by atoms with Gasteiger partial charge in [-0.3, -0.25) is 4.98 Å². The van der Waals surface area contributed by atoms with Gasteiger partial charge >= 0.3 is 0 Å². The van der Waals surface area contributed by atoms with Crippen LogP contribution in [-0.2, 0) is 0 Å². The van der Waals surface area contributed by atoms with Crippen LogP contribution in [0, 0.1) is 5.82 Å². The maximum atomic E-state index is 13.3. The fraction of sp³-hybridized carbons (Fsp3) is 0. The lowest BCUT2D eigenvalue weighted by Gasteiger charge is -2.13. The molecular formula is C16H11FN2OS. The third-order valence-corrected chi connectivity index (χ3v) is 3.23. The molecular weight excluding hydrogens is 287 g/mol. The largest absolute Gasteiger partial charge is 0.456 e. The monoisotopic (exact) mass is 298 g/mol. The van der Waals surface area contributed by atoms with Gasteiger partial charge in [0.2, 0.25) is 0 Å². The molecule has 21 heavy (non-hydrogen) atoms. The highest BCUT2D eigenvalue weighted by Crippen LogP contribution is 2.32. The van der Waals surface area contributed by atoms with Crippen LogP contribution in [-0.4, -0.2) is 9.97 Å². The molecule has 0 fully saturated rings. The predicted octanol–water partition coefficient (Wildman–Crippen LogP) is 3.80. The summed E-state index contributed by atoms with van der Waals surface area (Å²) in [4.78, 5) is 4.48. The molecule has 0 unspecified atom stereocenters. The molecule has 0 aliphatic rings. The number of hydrogen-bond donors (Lipinski definition) is 1. The Hall–Kier alpha value is -2.53. The van der Waals surface area contributed by atoms with Crippen molar-refractivity contribution in [1.29, 1.82) is 0 Å². The highest BCUT2D eigenvalue weighted by molar-refractivity contribution is 7.80. The van der Waals surface area contributed by atoms with E-state index in [0.717, 1.165) is 10.9 Å². The summed E-state index contributed by atoms with van der Waals surface area (Å²) in [7, 11) is 0. The van der Waals surface area contributed by atoms with Gasteiger partial charge in [0.15, 0.2) is 0 Å². The van der Waals surface area contributed by atoms with Gasteiger partial charge in [0.1, 0.15) is 22.3 Å². The predicted molar refractivity (Wildman–Crippen MR) is 84.1 cm³/mol. The number of aromatic nitrogens is 1. The number of para-hydroxylation sites is 1. The van der Waals surface area contributed by atoms with Crippen LogP contribution < -0.4 is 10.5 Å². The van der Waals surface area contributed by atoms with E-state index in [-0.39, 0.29) is 10.8 Å². The molecule has 0 bridgehead atoms. The molecule has 1 heterocycles. The second-order valence-electron chi connectivity index (χ2n) is 4.44. The molecule has 2 N–H and O–H groups in total. The van der Waals surface area contributed by atoms with Gasteiger partial charge in [0.05, 0.1) is 11.1 Å². The fourth-order valence-electron chi connectivity index (χ4n) is 2.05. The first-order chi connectivity index (χ1) is 10.1. The van der Waals surface area contributed by atoms with Crippen LogP contribution >= 0.6 is 12.2 Å². The molecule has 3 rings (SSSR count). The lowest BCUT2D eigenvalue weighted by Crippen LogP contribution is -2.11. The van der Waals surface area contributed by atoms with E-state index in [1.807, 2.05) is 24.3 Å². The maximum Gasteiger partial charge on any atom is 0.148 e. The Morgan fingerprint density at radius 2 is 1.95 bits per heavy atom. The van der Waals surface area contributed by atoms with Crippen molar-refractivity contribution in [2.45, 2.75) is 0 Å². The molecule has 0 saturated heterocycles. The Morgan fingerprint density at radius 3 is 2.71 bits per heavy atom. The minimum absolute atomic E-state index is 0.180. The molecule has 5 heteroatoms. The molecule has 3 nitrogen and oxygen atoms in total. The van der Waals surface area contributed by atoms with Gasteiger partial charge < -0.3 is 10.5 Å². The Morgan fingerprint density at radius 1 is 1.14 bits per heavy atom. The summed E-state index contributed by atoms with van der Waals surface area (Å²) in [5.41, 5.74) is 7.00. The van der Waals surface area contributed by atoms with Crippen molar-refractivity contribution in [3.05, 3.63) is 66.1 Å². The smallest absolute Gasteiger partial charge is 0.148 e. The van der Waals surface area contributed by atoms with E-state index < -0.39 is 0 Å². The Bertz CT molecular complexity index is 835. The second-order valence-corrected chi connectivity index (χ2v) is 4.88. The van der Waals surface area contributed by atoms with Gasteiger partial charge in [-0.05, 0) is 24.3 Å². The van der Waals surface area contributed by atoms with E-state index in [1.165, 1.54) is 12.1 Å². The van der Waals surface area contributed by atoms with E-state index in [9.17, 15) is 4.39 Å². The molecule has 0 atom stereocenters. The Kier molecular flexibility index (Phi) is 3.50. The van der Waals surface area contributed by atoms with E-state index >= 15 is 0 Å². The Balaban J connectivity index is 2.18. The maximum absolute atomic E-state index is 13.3. The quantitative estimate of drug-likeness (QED) is 0.747. The SMILES string of the molecule is NC(=S)c1cnc2ccccc2c1Oc1cccc(F)c1. The molecule has 0 spiro atoms. The lowest BCUT2D eigenvalue weighted by atomic mass is 10.1. The summed E-state index contributed by atoms with van der Waals surface area (Å²) >= 11 is 5.04. The van der Waals surface area contributed by atoms with Crippen molar-refractivity contribution in [2.75, 3.05) is 0 Å². The zero-order valence-corrected chi connectivity index (χ0v) is 11.7. The third-order valence-electron chi connectivity index (χ3n) is 3.01. The zero-order valence-electron chi connectivity index (χ0n) is 10.9. The number of pyridine rings is 1. The van der Waals surface area contributed by atoms with Crippen molar-refractivity contribution in [2.24, 2.45) is 5.73 Å². The summed E-state index contributed by atoms with van der Waals surface area (Å²) in [6.07, 6.45) is 1.57. The van der Waals surface area contributed by atoms with Crippen molar-refractivity contribution in [3.63, 3.8) is 0 Å². The highest BCUT2D eigenvalue weighted by atomic mass is 32.1. The first kappa shape index (κ1) is 13.5. The highest BCUT2D eigenvalue weighted by Gasteiger charge is 2.13. The molecule has 2 aromatic carbocycles.